The van der Waals surface area contributed by atoms with E-state index in [9.17, 15) is 29.0 Å². The van der Waals surface area contributed by atoms with Gasteiger partial charge in [0.2, 0.25) is 0 Å². The molecule has 5 atom stereocenters. The number of aliphatic carboxylic acids is 1. The second-order valence-electron chi connectivity index (χ2n) is 8.38. The number of rotatable bonds is 13. The maximum Gasteiger partial charge on any atom is 0.303 e. The average Bonchev–Trinajstić information content (AvgIpc) is 3.02. The van der Waals surface area contributed by atoms with Crippen LogP contribution in [0, 0.1) is 11.8 Å². The van der Waals surface area contributed by atoms with E-state index in [0.717, 1.165) is 25.7 Å². The lowest BCUT2D eigenvalue weighted by atomic mass is 9.85. The molecule has 0 amide bonds. The van der Waals surface area contributed by atoms with Crippen molar-refractivity contribution in [3.8, 4) is 0 Å². The van der Waals surface area contributed by atoms with E-state index in [2.05, 4.69) is 5.16 Å². The van der Waals surface area contributed by atoms with Crippen LogP contribution in [0.5, 0.6) is 0 Å². The molecule has 9 heteroatoms. The highest BCUT2D eigenvalue weighted by atomic mass is 32.2. The van der Waals surface area contributed by atoms with Crippen LogP contribution in [-0.2, 0) is 4.79 Å². The molecule has 2 unspecified atom stereocenters. The summed E-state index contributed by atoms with van der Waals surface area (Å²) in [5.41, 5.74) is 0.544. The van der Waals surface area contributed by atoms with Gasteiger partial charge in [-0.15, -0.1) is 11.8 Å². The third kappa shape index (κ3) is 8.54. The van der Waals surface area contributed by atoms with E-state index in [1.54, 1.807) is 0 Å². The van der Waals surface area contributed by atoms with Gasteiger partial charge >= 0.3 is 5.97 Å². The molecule has 1 saturated carbocycles. The Kier molecular flexibility index (Phi) is 11.0. The number of carboxylic acids is 1. The Labute approximate surface area is 186 Å². The van der Waals surface area contributed by atoms with Crippen molar-refractivity contribution in [1.29, 1.82) is 0 Å². The van der Waals surface area contributed by atoms with Crippen LogP contribution in [0.4, 0.5) is 8.78 Å². The minimum Gasteiger partial charge on any atom is -0.481 e. The van der Waals surface area contributed by atoms with Gasteiger partial charge < -0.3 is 20.5 Å². The first kappa shape index (κ1) is 25.8. The van der Waals surface area contributed by atoms with Crippen LogP contribution in [0.3, 0.4) is 0 Å². The summed E-state index contributed by atoms with van der Waals surface area (Å²) < 4.78 is 26.9. The Morgan fingerprint density at radius 1 is 1.19 bits per heavy atom. The van der Waals surface area contributed by atoms with Crippen molar-refractivity contribution in [3.05, 3.63) is 22.9 Å². The molecule has 6 nitrogen and oxygen atoms in total. The van der Waals surface area contributed by atoms with E-state index in [1.807, 2.05) is 0 Å². The molecule has 0 saturated heterocycles. The molecule has 0 aromatic heterocycles. The number of aliphatic hydroxyl groups is 2. The fourth-order valence-corrected chi connectivity index (χ4v) is 5.31. The van der Waals surface area contributed by atoms with Gasteiger partial charge in [0.1, 0.15) is 12.0 Å². The molecule has 1 fully saturated rings. The van der Waals surface area contributed by atoms with Gasteiger partial charge in [-0.1, -0.05) is 24.4 Å². The monoisotopic (exact) mass is 461 g/mol. The van der Waals surface area contributed by atoms with Crippen molar-refractivity contribution < 1.29 is 34.1 Å². The number of halogens is 2. The maximum absolute atomic E-state index is 13.9. The molecule has 0 aliphatic heterocycles. The quantitative estimate of drug-likeness (QED) is 0.181. The third-order valence-electron chi connectivity index (χ3n) is 6.03. The fraction of sp³-hybridized carbons (Fsp3) is 0.727. The van der Waals surface area contributed by atoms with Crippen molar-refractivity contribution in [2.75, 3.05) is 5.75 Å². The third-order valence-corrected chi connectivity index (χ3v) is 7.31. The Morgan fingerprint density at radius 2 is 1.94 bits per heavy atom. The molecule has 176 valence electrons. The number of thioether (sulfide) groups is 1. The first-order chi connectivity index (χ1) is 14.8. The van der Waals surface area contributed by atoms with Crippen molar-refractivity contribution >= 4 is 23.4 Å². The second kappa shape index (κ2) is 13.2. The van der Waals surface area contributed by atoms with E-state index >= 15 is 0 Å². The van der Waals surface area contributed by atoms with Crippen LogP contribution in [0.25, 0.3) is 0 Å². The SMILES string of the molecule is O=C(O)CCCCCCC1[C@@H](O)C/C(=N/O)[C@@H]1CC[C@@H](O)CSC1=CC=C(F)CC1F. The zero-order valence-electron chi connectivity index (χ0n) is 17.6. The number of unbranched alkanes of at least 4 members (excludes halogenated alkanes) is 3. The summed E-state index contributed by atoms with van der Waals surface area (Å²) in [4.78, 5) is 11.0. The Morgan fingerprint density at radius 3 is 2.61 bits per heavy atom. The number of oxime groups is 1. The number of aliphatic hydroxyl groups excluding tert-OH is 2. The van der Waals surface area contributed by atoms with Crippen LogP contribution in [0.2, 0.25) is 0 Å². The molecule has 2 aliphatic rings. The number of carbonyl (C=O) groups is 1. The van der Waals surface area contributed by atoms with Gasteiger partial charge in [-0.2, -0.15) is 0 Å². The molecule has 0 aromatic carbocycles. The maximum atomic E-state index is 13.9. The summed E-state index contributed by atoms with van der Waals surface area (Å²) in [6, 6.07) is 0. The van der Waals surface area contributed by atoms with Gasteiger partial charge in [-0.05, 0) is 43.8 Å². The molecule has 0 aromatic rings. The summed E-state index contributed by atoms with van der Waals surface area (Å²) in [7, 11) is 0. The molecule has 2 rings (SSSR count). The largest absolute Gasteiger partial charge is 0.481 e. The highest BCUT2D eigenvalue weighted by Gasteiger charge is 2.39. The number of alkyl halides is 1. The van der Waals surface area contributed by atoms with Crippen molar-refractivity contribution in [1.82, 2.24) is 0 Å². The van der Waals surface area contributed by atoms with Gasteiger partial charge in [0.15, 0.2) is 0 Å². The van der Waals surface area contributed by atoms with Gasteiger partial charge in [-0.3, -0.25) is 4.79 Å². The summed E-state index contributed by atoms with van der Waals surface area (Å²) in [5, 5.41) is 42.1. The van der Waals surface area contributed by atoms with E-state index in [0.29, 0.717) is 36.3 Å². The van der Waals surface area contributed by atoms with Crippen LogP contribution in [-0.4, -0.2) is 56.3 Å². The second-order valence-corrected chi connectivity index (χ2v) is 9.47. The Bertz CT molecular complexity index is 685. The molecule has 2 aliphatic carbocycles. The number of nitrogens with zero attached hydrogens (tertiary/aromatic N) is 1. The molecule has 0 radical (unpaired) electrons. The summed E-state index contributed by atoms with van der Waals surface area (Å²) in [6.07, 6.45) is 5.12. The zero-order valence-corrected chi connectivity index (χ0v) is 18.4. The zero-order chi connectivity index (χ0) is 22.8. The van der Waals surface area contributed by atoms with Crippen LogP contribution < -0.4 is 0 Å². The van der Waals surface area contributed by atoms with E-state index in [1.165, 1.54) is 23.9 Å². The lowest BCUT2D eigenvalue weighted by molar-refractivity contribution is -0.137. The topological polar surface area (TPSA) is 110 Å². The van der Waals surface area contributed by atoms with E-state index < -0.39 is 30.2 Å². The fourth-order valence-electron chi connectivity index (χ4n) is 4.33. The van der Waals surface area contributed by atoms with E-state index in [-0.39, 0.29) is 30.4 Å². The van der Waals surface area contributed by atoms with E-state index in [4.69, 9.17) is 5.11 Å². The first-order valence-corrected chi connectivity index (χ1v) is 11.9. The van der Waals surface area contributed by atoms with Crippen molar-refractivity contribution in [2.45, 2.75) is 82.6 Å². The van der Waals surface area contributed by atoms with Gasteiger partial charge in [0.05, 0.1) is 17.9 Å². The summed E-state index contributed by atoms with van der Waals surface area (Å²) in [5.74, 6) is -1.18. The first-order valence-electron chi connectivity index (χ1n) is 10.9. The van der Waals surface area contributed by atoms with Crippen molar-refractivity contribution in [3.63, 3.8) is 0 Å². The highest BCUT2D eigenvalue weighted by Crippen LogP contribution is 2.38. The molecule has 4 N–H and O–H groups in total. The smallest absolute Gasteiger partial charge is 0.303 e. The highest BCUT2D eigenvalue weighted by molar-refractivity contribution is 8.03. The summed E-state index contributed by atoms with van der Waals surface area (Å²) in [6.45, 7) is 0. The van der Waals surface area contributed by atoms with Gasteiger partial charge in [-0.25, -0.2) is 8.78 Å². The number of hydrogen-bond acceptors (Lipinski definition) is 6. The standard InChI is InChI=1S/C22H33F2NO5S/c23-14-7-10-21(18(24)11-14)31-13-15(26)8-9-16-17(20(27)12-19(16)25-30)5-3-1-2-4-6-22(28)29/h7,10,15-18,20,26-27,30H,1-6,8-9,11-13H2,(H,28,29)/b25-19-/t15-,16-,17?,18?,20+/m1/s1. The number of carboxylic acid groups (broad SMARTS) is 1. The normalized spacial score (nSPS) is 28.5. The van der Waals surface area contributed by atoms with Gasteiger partial charge in [0, 0.05) is 35.8 Å². The molecule has 0 spiro atoms. The lowest BCUT2D eigenvalue weighted by Crippen LogP contribution is -2.23. The predicted molar refractivity (Wildman–Crippen MR) is 117 cm³/mol. The molecule has 31 heavy (non-hydrogen) atoms. The Hall–Kier alpha value is -1.45. The van der Waals surface area contributed by atoms with Crippen molar-refractivity contribution in [2.24, 2.45) is 17.0 Å². The minimum atomic E-state index is -1.37. The van der Waals surface area contributed by atoms with Gasteiger partial charge in [0.25, 0.3) is 0 Å². The number of allylic oxidation sites excluding steroid dienone is 4. The average molecular weight is 462 g/mol. The Balaban J connectivity index is 1.77. The molecule has 0 heterocycles. The number of hydrogen-bond donors (Lipinski definition) is 4. The predicted octanol–water partition coefficient (Wildman–Crippen LogP) is 4.59. The molecular weight excluding hydrogens is 428 g/mol. The molecular formula is C22H33F2NO5S. The minimum absolute atomic E-state index is 0.0605. The lowest BCUT2D eigenvalue weighted by Gasteiger charge is -2.23. The van der Waals surface area contributed by atoms with Crippen LogP contribution >= 0.6 is 11.8 Å². The van der Waals surface area contributed by atoms with Crippen LogP contribution in [0.1, 0.15) is 64.2 Å². The van der Waals surface area contributed by atoms with Crippen LogP contribution in [0.15, 0.2) is 28.0 Å². The molecule has 0 bridgehead atoms. The summed E-state index contributed by atoms with van der Waals surface area (Å²) >= 11 is 1.18.